The van der Waals surface area contributed by atoms with E-state index < -0.39 is 12.2 Å². The van der Waals surface area contributed by atoms with Crippen LogP contribution in [0.3, 0.4) is 0 Å². The van der Waals surface area contributed by atoms with Crippen LogP contribution in [0.5, 0.6) is 0 Å². The van der Waals surface area contributed by atoms with Gasteiger partial charge in [-0.15, -0.1) is 0 Å². The van der Waals surface area contributed by atoms with Crippen LogP contribution in [0.2, 0.25) is 0 Å². The van der Waals surface area contributed by atoms with Gasteiger partial charge in [-0.2, -0.15) is 13.2 Å². The average Bonchev–Trinajstić information content (AvgIpc) is 1.86. The molecule has 0 saturated carbocycles. The third-order valence-corrected chi connectivity index (χ3v) is 1.95. The summed E-state index contributed by atoms with van der Waals surface area (Å²) in [5, 5.41) is 2.26. The van der Waals surface area contributed by atoms with Crippen LogP contribution < -0.4 is 5.32 Å². The lowest BCUT2D eigenvalue weighted by atomic mass is 10.1. The molecule has 1 fully saturated rings. The summed E-state index contributed by atoms with van der Waals surface area (Å²) in [6.45, 7) is 0. The smallest absolute Gasteiger partial charge is 0.368 e. The molecule has 1 rings (SSSR count). The maximum atomic E-state index is 12.0. The molecule has 0 radical (unpaired) electrons. The first-order valence-corrected chi connectivity index (χ1v) is 3.77. The molecule has 0 amide bonds. The van der Waals surface area contributed by atoms with E-state index in [4.69, 9.17) is 0 Å². The van der Waals surface area contributed by atoms with Crippen molar-refractivity contribution in [2.24, 2.45) is 0 Å². The Morgan fingerprint density at radius 1 is 1.45 bits per heavy atom. The van der Waals surface area contributed by atoms with Gasteiger partial charge in [0.1, 0.15) is 6.04 Å². The molecule has 0 aromatic rings. The molecule has 0 aliphatic carbocycles. The van der Waals surface area contributed by atoms with Crippen molar-refractivity contribution in [3.63, 3.8) is 0 Å². The first-order chi connectivity index (χ1) is 5.00. The van der Waals surface area contributed by atoms with E-state index in [1.54, 1.807) is 0 Å². The van der Waals surface area contributed by atoms with Crippen LogP contribution in [0.4, 0.5) is 13.2 Å². The van der Waals surface area contributed by atoms with Gasteiger partial charge in [0, 0.05) is 0 Å². The van der Waals surface area contributed by atoms with Crippen molar-refractivity contribution in [1.29, 1.82) is 0 Å². The highest BCUT2D eigenvalue weighted by atomic mass is 32.1. The fraction of sp³-hybridized carbons (Fsp3) is 0.833. The van der Waals surface area contributed by atoms with Crippen LogP contribution in [0.15, 0.2) is 0 Å². The molecule has 0 unspecified atom stereocenters. The van der Waals surface area contributed by atoms with Crippen molar-refractivity contribution >= 4 is 17.2 Å². The maximum absolute atomic E-state index is 12.0. The summed E-state index contributed by atoms with van der Waals surface area (Å²) in [4.78, 5) is 0.332. The van der Waals surface area contributed by atoms with E-state index in [9.17, 15) is 13.2 Å². The fourth-order valence-electron chi connectivity index (χ4n) is 1.05. The summed E-state index contributed by atoms with van der Waals surface area (Å²) in [6, 6.07) is -1.41. The summed E-state index contributed by atoms with van der Waals surface area (Å²) in [5.41, 5.74) is 0. The lowest BCUT2D eigenvalue weighted by Gasteiger charge is -2.26. The monoisotopic (exact) mass is 183 g/mol. The molecule has 1 atom stereocenters. The van der Waals surface area contributed by atoms with E-state index in [2.05, 4.69) is 17.5 Å². The van der Waals surface area contributed by atoms with E-state index in [1.807, 2.05) is 0 Å². The van der Waals surface area contributed by atoms with Gasteiger partial charge in [-0.05, 0) is 19.3 Å². The van der Waals surface area contributed by atoms with E-state index >= 15 is 0 Å². The van der Waals surface area contributed by atoms with Gasteiger partial charge < -0.3 is 5.32 Å². The van der Waals surface area contributed by atoms with Crippen LogP contribution in [0.25, 0.3) is 0 Å². The van der Waals surface area contributed by atoms with E-state index in [-0.39, 0.29) is 6.42 Å². The van der Waals surface area contributed by atoms with E-state index in [1.165, 1.54) is 0 Å². The molecular formula is C6H8F3NS. The molecule has 1 N–H and O–H groups in total. The van der Waals surface area contributed by atoms with Gasteiger partial charge in [0.15, 0.2) is 0 Å². The topological polar surface area (TPSA) is 12.0 Å². The Bertz CT molecular complexity index is 166. The predicted molar refractivity (Wildman–Crippen MR) is 39.4 cm³/mol. The summed E-state index contributed by atoms with van der Waals surface area (Å²) in [7, 11) is 0. The van der Waals surface area contributed by atoms with Crippen molar-refractivity contribution in [2.75, 3.05) is 0 Å². The molecule has 5 heteroatoms. The third kappa shape index (κ3) is 2.32. The molecule has 1 aliphatic rings. The Labute approximate surface area is 68.0 Å². The van der Waals surface area contributed by atoms with E-state index in [0.29, 0.717) is 17.8 Å². The zero-order valence-corrected chi connectivity index (χ0v) is 6.56. The summed E-state index contributed by atoms with van der Waals surface area (Å²) in [5.74, 6) is 0. The Morgan fingerprint density at radius 2 is 2.09 bits per heavy atom. The minimum absolute atomic E-state index is 0.142. The number of alkyl halides is 3. The molecule has 0 aromatic heterocycles. The Balaban J connectivity index is 2.53. The molecule has 1 heterocycles. The third-order valence-electron chi connectivity index (χ3n) is 1.63. The van der Waals surface area contributed by atoms with Gasteiger partial charge in [-0.3, -0.25) is 0 Å². The molecule has 0 aromatic carbocycles. The molecule has 1 nitrogen and oxygen atoms in total. The van der Waals surface area contributed by atoms with Gasteiger partial charge in [0.2, 0.25) is 0 Å². The van der Waals surface area contributed by atoms with Crippen molar-refractivity contribution in [3.05, 3.63) is 0 Å². The van der Waals surface area contributed by atoms with E-state index in [0.717, 1.165) is 0 Å². The maximum Gasteiger partial charge on any atom is 0.408 e. The molecule has 0 spiro atoms. The molecule has 11 heavy (non-hydrogen) atoms. The largest absolute Gasteiger partial charge is 0.408 e. The average molecular weight is 183 g/mol. The normalized spacial score (nSPS) is 26.5. The second-order valence-corrected chi connectivity index (χ2v) is 3.05. The second-order valence-electron chi connectivity index (χ2n) is 2.55. The Kier molecular flexibility index (Phi) is 2.37. The van der Waals surface area contributed by atoms with Crippen LogP contribution >= 0.6 is 12.2 Å². The highest BCUT2D eigenvalue weighted by Crippen LogP contribution is 2.26. The highest BCUT2D eigenvalue weighted by molar-refractivity contribution is 7.80. The summed E-state index contributed by atoms with van der Waals surface area (Å²) < 4.78 is 36.0. The van der Waals surface area contributed by atoms with Crippen molar-refractivity contribution in [1.82, 2.24) is 5.32 Å². The second kappa shape index (κ2) is 2.97. The van der Waals surface area contributed by atoms with Crippen LogP contribution in [-0.2, 0) is 0 Å². The first-order valence-electron chi connectivity index (χ1n) is 3.36. The van der Waals surface area contributed by atoms with Gasteiger partial charge in [0.25, 0.3) is 0 Å². The van der Waals surface area contributed by atoms with Crippen LogP contribution in [0, 0.1) is 0 Å². The molecule has 0 bridgehead atoms. The van der Waals surface area contributed by atoms with Gasteiger partial charge >= 0.3 is 6.18 Å². The zero-order chi connectivity index (χ0) is 8.48. The Hall–Kier alpha value is -0.320. The van der Waals surface area contributed by atoms with Crippen molar-refractivity contribution in [2.45, 2.75) is 31.5 Å². The van der Waals surface area contributed by atoms with Gasteiger partial charge in [-0.1, -0.05) is 12.2 Å². The number of halogens is 3. The van der Waals surface area contributed by atoms with Gasteiger partial charge in [-0.25, -0.2) is 0 Å². The predicted octanol–water partition coefficient (Wildman–Crippen LogP) is 2.02. The molecule has 1 saturated heterocycles. The van der Waals surface area contributed by atoms with Crippen LogP contribution in [-0.4, -0.2) is 17.2 Å². The SMILES string of the molecule is FC(F)(F)[C@@H]1CCCC(=S)N1. The number of rotatable bonds is 0. The Morgan fingerprint density at radius 3 is 2.45 bits per heavy atom. The molecular weight excluding hydrogens is 175 g/mol. The number of thiocarbonyl (C=S) groups is 1. The number of piperidine rings is 1. The molecule has 1 aliphatic heterocycles. The lowest BCUT2D eigenvalue weighted by molar-refractivity contribution is -0.154. The number of hydrogen-bond acceptors (Lipinski definition) is 1. The molecule has 64 valence electrons. The zero-order valence-electron chi connectivity index (χ0n) is 5.74. The minimum atomic E-state index is -4.15. The standard InChI is InChI=1S/C6H8F3NS/c7-6(8,9)4-2-1-3-5(11)10-4/h4H,1-3H2,(H,10,11)/t4-/m0/s1. The summed E-state index contributed by atoms with van der Waals surface area (Å²) >= 11 is 4.64. The first kappa shape index (κ1) is 8.77. The lowest BCUT2D eigenvalue weighted by Crippen LogP contribution is -2.47. The quantitative estimate of drug-likeness (QED) is 0.576. The summed E-state index contributed by atoms with van der Waals surface area (Å²) in [6.07, 6.45) is -2.88. The highest BCUT2D eigenvalue weighted by Gasteiger charge is 2.40. The van der Waals surface area contributed by atoms with Crippen LogP contribution in [0.1, 0.15) is 19.3 Å². The van der Waals surface area contributed by atoms with Gasteiger partial charge in [0.05, 0.1) is 4.99 Å². The number of hydrogen-bond donors (Lipinski definition) is 1. The van der Waals surface area contributed by atoms with Crippen molar-refractivity contribution in [3.8, 4) is 0 Å². The fourth-order valence-corrected chi connectivity index (χ4v) is 1.34. The minimum Gasteiger partial charge on any atom is -0.368 e. The van der Waals surface area contributed by atoms with Crippen molar-refractivity contribution < 1.29 is 13.2 Å². The number of nitrogens with one attached hydrogen (secondary N) is 1.